The van der Waals surface area contributed by atoms with Crippen molar-refractivity contribution in [1.82, 2.24) is 10.2 Å². The fourth-order valence-corrected chi connectivity index (χ4v) is 5.75. The van der Waals surface area contributed by atoms with Gasteiger partial charge in [-0.2, -0.15) is 0 Å². The standard InChI is InChI=1S/C28H30Cl3N3O4S/c1-4-19(2)32-28(36)20(3)33(17-21-10-11-23(30)16-26(21)31)27(35)18-34(24-8-6-5-7-9-24)39(37,38)25-14-12-22(29)13-15-25/h5-16,19-20H,4,17-18H2,1-3H3,(H,32,36)/t19-,20-/m0/s1. The average Bonchev–Trinajstić information content (AvgIpc) is 2.91. The number of halogens is 3. The highest BCUT2D eigenvalue weighted by atomic mass is 35.5. The Hall–Kier alpha value is -2.78. The Morgan fingerprint density at radius 2 is 1.51 bits per heavy atom. The molecule has 39 heavy (non-hydrogen) atoms. The minimum atomic E-state index is -4.17. The molecule has 0 saturated carbocycles. The number of benzene rings is 3. The number of anilines is 1. The summed E-state index contributed by atoms with van der Waals surface area (Å²) in [7, 11) is -4.17. The van der Waals surface area contributed by atoms with E-state index in [4.69, 9.17) is 34.8 Å². The highest BCUT2D eigenvalue weighted by molar-refractivity contribution is 7.92. The molecular weight excluding hydrogens is 581 g/mol. The molecule has 3 aromatic rings. The highest BCUT2D eigenvalue weighted by Crippen LogP contribution is 2.27. The van der Waals surface area contributed by atoms with Crippen molar-refractivity contribution < 1.29 is 18.0 Å². The SMILES string of the molecule is CC[C@H](C)NC(=O)[C@H](C)N(Cc1ccc(Cl)cc1Cl)C(=O)CN(c1ccccc1)S(=O)(=O)c1ccc(Cl)cc1. The summed E-state index contributed by atoms with van der Waals surface area (Å²) in [5.74, 6) is -0.955. The van der Waals surface area contributed by atoms with Gasteiger partial charge in [0.2, 0.25) is 11.8 Å². The van der Waals surface area contributed by atoms with E-state index < -0.39 is 28.5 Å². The summed E-state index contributed by atoms with van der Waals surface area (Å²) in [6.07, 6.45) is 0.705. The summed E-state index contributed by atoms with van der Waals surface area (Å²) in [6, 6.07) is 17.8. The topological polar surface area (TPSA) is 86.8 Å². The van der Waals surface area contributed by atoms with Gasteiger partial charge < -0.3 is 10.2 Å². The van der Waals surface area contributed by atoms with Gasteiger partial charge in [-0.3, -0.25) is 13.9 Å². The zero-order valence-corrected chi connectivity index (χ0v) is 24.9. The van der Waals surface area contributed by atoms with Crippen LogP contribution in [-0.2, 0) is 26.2 Å². The van der Waals surface area contributed by atoms with Gasteiger partial charge in [-0.1, -0.05) is 66.0 Å². The van der Waals surface area contributed by atoms with Crippen LogP contribution in [0.4, 0.5) is 5.69 Å². The van der Waals surface area contributed by atoms with Gasteiger partial charge in [-0.25, -0.2) is 8.42 Å². The first-order valence-electron chi connectivity index (χ1n) is 12.3. The molecule has 0 unspecified atom stereocenters. The Labute approximate surface area is 244 Å². The van der Waals surface area contributed by atoms with Crippen molar-refractivity contribution in [3.05, 3.63) is 93.4 Å². The molecule has 1 N–H and O–H groups in total. The van der Waals surface area contributed by atoms with Crippen LogP contribution in [0, 0.1) is 0 Å². The van der Waals surface area contributed by atoms with Crippen molar-refractivity contribution in [2.24, 2.45) is 0 Å². The number of hydrogen-bond donors (Lipinski definition) is 1. The van der Waals surface area contributed by atoms with Crippen LogP contribution in [0.5, 0.6) is 0 Å². The molecule has 2 amide bonds. The number of rotatable bonds is 11. The van der Waals surface area contributed by atoms with Crippen molar-refractivity contribution in [2.45, 2.75) is 50.7 Å². The second-order valence-corrected chi connectivity index (χ2v) is 12.2. The molecule has 3 aromatic carbocycles. The lowest BCUT2D eigenvalue weighted by Gasteiger charge is -2.32. The molecule has 0 aromatic heterocycles. The third-order valence-electron chi connectivity index (χ3n) is 6.25. The van der Waals surface area contributed by atoms with Gasteiger partial charge >= 0.3 is 0 Å². The maximum Gasteiger partial charge on any atom is 0.264 e. The summed E-state index contributed by atoms with van der Waals surface area (Å²) < 4.78 is 28.5. The first-order valence-corrected chi connectivity index (χ1v) is 14.9. The number of sulfonamides is 1. The lowest BCUT2D eigenvalue weighted by molar-refractivity contribution is -0.139. The van der Waals surface area contributed by atoms with Gasteiger partial charge in [-0.15, -0.1) is 0 Å². The van der Waals surface area contributed by atoms with Crippen molar-refractivity contribution in [1.29, 1.82) is 0 Å². The largest absolute Gasteiger partial charge is 0.352 e. The maximum absolute atomic E-state index is 13.9. The fraction of sp³-hybridized carbons (Fsp3) is 0.286. The number of nitrogens with one attached hydrogen (secondary N) is 1. The molecule has 0 saturated heterocycles. The van der Waals surface area contributed by atoms with E-state index in [1.165, 1.54) is 29.2 Å². The lowest BCUT2D eigenvalue weighted by Crippen LogP contribution is -2.52. The molecule has 2 atom stereocenters. The quantitative estimate of drug-likeness (QED) is 0.281. The van der Waals surface area contributed by atoms with Crippen LogP contribution in [-0.4, -0.2) is 43.8 Å². The second kappa shape index (κ2) is 13.5. The average molecular weight is 611 g/mol. The van der Waals surface area contributed by atoms with Crippen molar-refractivity contribution in [3.8, 4) is 0 Å². The molecular formula is C28H30Cl3N3O4S. The first kappa shape index (κ1) is 30.8. The third-order valence-corrected chi connectivity index (χ3v) is 8.88. The summed E-state index contributed by atoms with van der Waals surface area (Å²) in [5.41, 5.74) is 0.853. The number of amides is 2. The van der Waals surface area contributed by atoms with Crippen LogP contribution in [0.3, 0.4) is 0 Å². The van der Waals surface area contributed by atoms with Crippen LogP contribution < -0.4 is 9.62 Å². The fourth-order valence-electron chi connectivity index (χ4n) is 3.74. The van der Waals surface area contributed by atoms with E-state index >= 15 is 0 Å². The van der Waals surface area contributed by atoms with E-state index in [0.717, 1.165) is 4.31 Å². The van der Waals surface area contributed by atoms with Crippen molar-refractivity contribution >= 4 is 62.3 Å². The highest BCUT2D eigenvalue weighted by Gasteiger charge is 2.33. The Morgan fingerprint density at radius 1 is 0.897 bits per heavy atom. The second-order valence-electron chi connectivity index (χ2n) is 9.05. The molecule has 7 nitrogen and oxygen atoms in total. The van der Waals surface area contributed by atoms with Gasteiger partial charge in [0.05, 0.1) is 10.6 Å². The minimum absolute atomic E-state index is 0.0292. The predicted octanol–water partition coefficient (Wildman–Crippen LogP) is 6.17. The monoisotopic (exact) mass is 609 g/mol. The summed E-state index contributed by atoms with van der Waals surface area (Å²) >= 11 is 18.4. The number of hydrogen-bond acceptors (Lipinski definition) is 4. The Bertz CT molecular complexity index is 1400. The van der Waals surface area contributed by atoms with Crippen molar-refractivity contribution in [3.63, 3.8) is 0 Å². The van der Waals surface area contributed by atoms with Crippen molar-refractivity contribution in [2.75, 3.05) is 10.8 Å². The van der Waals surface area contributed by atoms with Gasteiger partial charge in [0.25, 0.3) is 10.0 Å². The molecule has 208 valence electrons. The van der Waals surface area contributed by atoms with Gasteiger partial charge in [0, 0.05) is 27.7 Å². The van der Waals surface area contributed by atoms with E-state index in [1.807, 2.05) is 13.8 Å². The Morgan fingerprint density at radius 3 is 2.10 bits per heavy atom. The molecule has 0 bridgehead atoms. The number of para-hydroxylation sites is 1. The molecule has 0 fully saturated rings. The van der Waals surface area contributed by atoms with E-state index in [0.29, 0.717) is 32.7 Å². The maximum atomic E-state index is 13.9. The molecule has 0 spiro atoms. The van der Waals surface area contributed by atoms with E-state index in [9.17, 15) is 18.0 Å². The summed E-state index contributed by atoms with van der Waals surface area (Å²) in [6.45, 7) is 4.81. The molecule has 0 aliphatic rings. The van der Waals surface area contributed by atoms with Crippen LogP contribution in [0.15, 0.2) is 77.7 Å². The van der Waals surface area contributed by atoms with Crippen LogP contribution >= 0.6 is 34.8 Å². The van der Waals surface area contributed by atoms with E-state index in [2.05, 4.69) is 5.32 Å². The predicted molar refractivity (Wildman–Crippen MR) is 157 cm³/mol. The summed E-state index contributed by atoms with van der Waals surface area (Å²) in [4.78, 5) is 28.3. The normalized spacial score (nSPS) is 12.9. The number of carbonyl (C=O) groups is 2. The Balaban J connectivity index is 2.02. The first-order chi connectivity index (χ1) is 18.4. The van der Waals surface area contributed by atoms with Crippen LogP contribution in [0.2, 0.25) is 15.1 Å². The molecule has 3 rings (SSSR count). The minimum Gasteiger partial charge on any atom is -0.352 e. The molecule has 0 aliphatic heterocycles. The lowest BCUT2D eigenvalue weighted by atomic mass is 10.1. The molecule has 0 radical (unpaired) electrons. The smallest absolute Gasteiger partial charge is 0.264 e. The summed E-state index contributed by atoms with van der Waals surface area (Å²) in [5, 5.41) is 4.01. The number of nitrogens with zero attached hydrogens (tertiary/aromatic N) is 2. The zero-order chi connectivity index (χ0) is 28.7. The molecule has 0 heterocycles. The molecule has 11 heteroatoms. The van der Waals surface area contributed by atoms with Gasteiger partial charge in [-0.05, 0) is 74.4 Å². The zero-order valence-electron chi connectivity index (χ0n) is 21.8. The Kier molecular flexibility index (Phi) is 10.7. The van der Waals surface area contributed by atoms with Gasteiger partial charge in [0.15, 0.2) is 0 Å². The van der Waals surface area contributed by atoms with Crippen LogP contribution in [0.1, 0.15) is 32.8 Å². The van der Waals surface area contributed by atoms with E-state index in [1.54, 1.807) is 55.5 Å². The molecule has 0 aliphatic carbocycles. The number of carbonyl (C=O) groups excluding carboxylic acids is 2. The third kappa shape index (κ3) is 7.88. The van der Waals surface area contributed by atoms with E-state index in [-0.39, 0.29) is 23.4 Å². The van der Waals surface area contributed by atoms with Crippen LogP contribution in [0.25, 0.3) is 0 Å². The van der Waals surface area contributed by atoms with Gasteiger partial charge in [0.1, 0.15) is 12.6 Å².